The maximum atomic E-state index is 11.4. The lowest BCUT2D eigenvalue weighted by atomic mass is 9.64. The molecule has 0 aromatic heterocycles. The van der Waals surface area contributed by atoms with E-state index in [1.54, 1.807) is 0 Å². The summed E-state index contributed by atoms with van der Waals surface area (Å²) in [4.78, 5) is 11.4. The summed E-state index contributed by atoms with van der Waals surface area (Å²) in [5.74, 6) is 1.56. The van der Waals surface area contributed by atoms with E-state index < -0.39 is 0 Å². The minimum atomic E-state index is 0.168. The van der Waals surface area contributed by atoms with Gasteiger partial charge in [-0.3, -0.25) is 4.79 Å². The number of hydrogen-bond acceptors (Lipinski definition) is 2. The summed E-state index contributed by atoms with van der Waals surface area (Å²) >= 11 is 0. The third-order valence-corrected chi connectivity index (χ3v) is 3.51. The maximum absolute atomic E-state index is 11.4. The van der Waals surface area contributed by atoms with Gasteiger partial charge in [-0.2, -0.15) is 0 Å². The first kappa shape index (κ1) is 8.95. The van der Waals surface area contributed by atoms with Crippen LogP contribution in [0.5, 0.6) is 0 Å². The summed E-state index contributed by atoms with van der Waals surface area (Å²) in [5, 5.41) is 8.89. The second-order valence-corrected chi connectivity index (χ2v) is 4.30. The van der Waals surface area contributed by atoms with Crippen LogP contribution in [0, 0.1) is 17.8 Å². The van der Waals surface area contributed by atoms with E-state index in [-0.39, 0.29) is 12.5 Å². The van der Waals surface area contributed by atoms with Crippen molar-refractivity contribution in [1.29, 1.82) is 0 Å². The quantitative estimate of drug-likeness (QED) is 0.654. The highest BCUT2D eigenvalue weighted by atomic mass is 16.3. The molecule has 0 heterocycles. The fraction of sp³-hybridized carbons (Fsp3) is 0.727. The second kappa shape index (κ2) is 3.26. The molecule has 0 saturated heterocycles. The molecule has 0 amide bonds. The van der Waals surface area contributed by atoms with E-state index in [9.17, 15) is 4.79 Å². The number of allylic oxidation sites excluding steroid dienone is 2. The standard InChI is InChI=1S/C11H16O2/c1-7-4-9-5-8(2-3-12)10(7)6-11(9)13/h4,8-10,12H,2-3,5-6H2,1H3/t8-,9-,10+/m1/s1. The summed E-state index contributed by atoms with van der Waals surface area (Å²) in [6.07, 6.45) is 4.68. The normalized spacial score (nSPS) is 37.8. The van der Waals surface area contributed by atoms with Crippen LogP contribution in [0.15, 0.2) is 11.6 Å². The van der Waals surface area contributed by atoms with Gasteiger partial charge in [0.1, 0.15) is 5.78 Å². The van der Waals surface area contributed by atoms with E-state index >= 15 is 0 Å². The van der Waals surface area contributed by atoms with Gasteiger partial charge < -0.3 is 5.11 Å². The highest BCUT2D eigenvalue weighted by Gasteiger charge is 2.39. The molecule has 72 valence electrons. The van der Waals surface area contributed by atoms with E-state index in [1.165, 1.54) is 5.57 Å². The lowest BCUT2D eigenvalue weighted by Gasteiger charge is -2.40. The van der Waals surface area contributed by atoms with Crippen molar-refractivity contribution in [3.05, 3.63) is 11.6 Å². The average molecular weight is 180 g/mol. The minimum Gasteiger partial charge on any atom is -0.396 e. The Labute approximate surface area is 78.6 Å². The number of carbonyl (C=O) groups is 1. The van der Waals surface area contributed by atoms with Gasteiger partial charge in [-0.15, -0.1) is 0 Å². The van der Waals surface area contributed by atoms with Gasteiger partial charge in [-0.05, 0) is 31.6 Å². The number of aliphatic hydroxyl groups excluding tert-OH is 1. The Morgan fingerprint density at radius 3 is 3.00 bits per heavy atom. The van der Waals surface area contributed by atoms with Gasteiger partial charge in [0.25, 0.3) is 0 Å². The van der Waals surface area contributed by atoms with E-state index in [0.29, 0.717) is 17.6 Å². The zero-order valence-corrected chi connectivity index (χ0v) is 7.99. The van der Waals surface area contributed by atoms with Crippen molar-refractivity contribution in [1.82, 2.24) is 0 Å². The molecule has 3 aliphatic rings. The summed E-state index contributed by atoms with van der Waals surface area (Å²) in [5.41, 5.74) is 1.37. The highest BCUT2D eigenvalue weighted by molar-refractivity contribution is 5.85. The smallest absolute Gasteiger partial charge is 0.140 e. The predicted molar refractivity (Wildman–Crippen MR) is 50.2 cm³/mol. The largest absolute Gasteiger partial charge is 0.396 e. The van der Waals surface area contributed by atoms with Gasteiger partial charge >= 0.3 is 0 Å². The molecular formula is C11H16O2. The SMILES string of the molecule is CC1=C[C@@H]2C[C@@H](CCO)[C@H]1CC2=O. The molecule has 1 N–H and O–H groups in total. The Morgan fingerprint density at radius 1 is 1.62 bits per heavy atom. The molecule has 2 heteroatoms. The number of Topliss-reactive ketones (excluding diaryl/α,β-unsaturated/α-hetero) is 1. The molecule has 2 nitrogen and oxygen atoms in total. The lowest BCUT2D eigenvalue weighted by Crippen LogP contribution is -2.37. The van der Waals surface area contributed by atoms with Crippen LogP contribution in [0.25, 0.3) is 0 Å². The number of aliphatic hydroxyl groups is 1. The molecule has 1 saturated carbocycles. The monoisotopic (exact) mass is 180 g/mol. The van der Waals surface area contributed by atoms with E-state index in [4.69, 9.17) is 5.11 Å². The van der Waals surface area contributed by atoms with Crippen molar-refractivity contribution in [3.8, 4) is 0 Å². The van der Waals surface area contributed by atoms with Crippen LogP contribution in [-0.4, -0.2) is 17.5 Å². The fourth-order valence-electron chi connectivity index (χ4n) is 2.78. The molecule has 0 aliphatic heterocycles. The molecule has 0 aromatic rings. The van der Waals surface area contributed by atoms with Crippen LogP contribution in [0.4, 0.5) is 0 Å². The van der Waals surface area contributed by atoms with Crippen molar-refractivity contribution in [2.45, 2.75) is 26.2 Å². The summed E-state index contributed by atoms with van der Waals surface area (Å²) in [7, 11) is 0. The van der Waals surface area contributed by atoms with Crippen molar-refractivity contribution in [2.75, 3.05) is 6.61 Å². The zero-order chi connectivity index (χ0) is 9.42. The molecule has 2 bridgehead atoms. The number of fused-ring (bicyclic) bond motifs is 2. The van der Waals surface area contributed by atoms with Crippen LogP contribution in [0.3, 0.4) is 0 Å². The predicted octanol–water partition coefficient (Wildman–Crippen LogP) is 1.54. The molecule has 0 radical (unpaired) electrons. The first-order valence-corrected chi connectivity index (χ1v) is 5.04. The summed E-state index contributed by atoms with van der Waals surface area (Å²) in [6, 6.07) is 0. The third-order valence-electron chi connectivity index (χ3n) is 3.51. The van der Waals surface area contributed by atoms with Gasteiger partial charge in [-0.25, -0.2) is 0 Å². The molecule has 3 atom stereocenters. The Morgan fingerprint density at radius 2 is 2.38 bits per heavy atom. The number of hydrogen-bond donors (Lipinski definition) is 1. The molecule has 3 rings (SSSR count). The van der Waals surface area contributed by atoms with Gasteiger partial charge in [0.05, 0.1) is 0 Å². The maximum Gasteiger partial charge on any atom is 0.140 e. The van der Waals surface area contributed by atoms with Crippen molar-refractivity contribution < 1.29 is 9.90 Å². The Balaban J connectivity index is 2.17. The molecule has 1 fully saturated rings. The van der Waals surface area contributed by atoms with Gasteiger partial charge in [0.15, 0.2) is 0 Å². The first-order chi connectivity index (χ1) is 6.22. The topological polar surface area (TPSA) is 37.3 Å². The Hall–Kier alpha value is -0.630. The van der Waals surface area contributed by atoms with Crippen molar-refractivity contribution >= 4 is 5.78 Å². The van der Waals surface area contributed by atoms with Crippen LogP contribution in [-0.2, 0) is 4.79 Å². The summed E-state index contributed by atoms with van der Waals surface area (Å²) in [6.45, 7) is 2.38. The highest BCUT2D eigenvalue weighted by Crippen LogP contribution is 2.43. The van der Waals surface area contributed by atoms with Crippen molar-refractivity contribution in [2.24, 2.45) is 17.8 Å². The van der Waals surface area contributed by atoms with Gasteiger partial charge in [0.2, 0.25) is 0 Å². The molecular weight excluding hydrogens is 164 g/mol. The van der Waals surface area contributed by atoms with Gasteiger partial charge in [-0.1, -0.05) is 11.6 Å². The molecule has 0 spiro atoms. The Bertz CT molecular complexity index is 255. The third kappa shape index (κ3) is 1.44. The van der Waals surface area contributed by atoms with E-state index in [1.807, 2.05) is 0 Å². The summed E-state index contributed by atoms with van der Waals surface area (Å²) < 4.78 is 0. The number of ketones is 1. The van der Waals surface area contributed by atoms with Crippen LogP contribution in [0.1, 0.15) is 26.2 Å². The number of carbonyl (C=O) groups excluding carboxylic acids is 1. The van der Waals surface area contributed by atoms with E-state index in [2.05, 4.69) is 13.0 Å². The van der Waals surface area contributed by atoms with Gasteiger partial charge in [0, 0.05) is 18.9 Å². The molecule has 0 unspecified atom stereocenters. The first-order valence-electron chi connectivity index (χ1n) is 5.04. The van der Waals surface area contributed by atoms with Crippen LogP contribution < -0.4 is 0 Å². The van der Waals surface area contributed by atoms with Crippen LogP contribution >= 0.6 is 0 Å². The Kier molecular flexibility index (Phi) is 2.24. The van der Waals surface area contributed by atoms with E-state index in [0.717, 1.165) is 19.3 Å². The molecule has 3 aliphatic carbocycles. The number of rotatable bonds is 2. The molecule has 13 heavy (non-hydrogen) atoms. The molecule has 0 aromatic carbocycles. The minimum absolute atomic E-state index is 0.168. The second-order valence-electron chi connectivity index (χ2n) is 4.30. The fourth-order valence-corrected chi connectivity index (χ4v) is 2.78. The average Bonchev–Trinajstić information content (AvgIpc) is 2.09. The zero-order valence-electron chi connectivity index (χ0n) is 7.99. The van der Waals surface area contributed by atoms with Crippen molar-refractivity contribution in [3.63, 3.8) is 0 Å². The van der Waals surface area contributed by atoms with Crippen LogP contribution in [0.2, 0.25) is 0 Å². The lowest BCUT2D eigenvalue weighted by molar-refractivity contribution is -0.126.